The van der Waals surface area contributed by atoms with Gasteiger partial charge in [-0.3, -0.25) is 4.79 Å². The van der Waals surface area contributed by atoms with Crippen molar-refractivity contribution in [2.45, 2.75) is 38.0 Å². The molecule has 1 saturated heterocycles. The van der Waals surface area contributed by atoms with E-state index >= 15 is 0 Å². The van der Waals surface area contributed by atoms with Gasteiger partial charge in [0.1, 0.15) is 5.82 Å². The van der Waals surface area contributed by atoms with Gasteiger partial charge in [0.05, 0.1) is 28.1 Å². The molecule has 2 atom stereocenters. The molecule has 2 aromatic carbocycles. The lowest BCUT2D eigenvalue weighted by atomic mass is 9.98. The average molecular weight is 527 g/mol. The Labute approximate surface area is 217 Å². The van der Waals surface area contributed by atoms with Gasteiger partial charge in [-0.2, -0.15) is 13.2 Å². The normalized spacial score (nSPS) is 17.8. The first-order valence-electron chi connectivity index (χ1n) is 11.9. The van der Waals surface area contributed by atoms with Gasteiger partial charge >= 0.3 is 6.18 Å². The van der Waals surface area contributed by atoms with E-state index in [1.807, 2.05) is 7.05 Å². The lowest BCUT2D eigenvalue weighted by molar-refractivity contribution is -0.137. The van der Waals surface area contributed by atoms with Gasteiger partial charge in [-0.1, -0.05) is 11.8 Å². The number of amides is 1. The summed E-state index contributed by atoms with van der Waals surface area (Å²) in [5.74, 6) is 3.92. The Morgan fingerprint density at radius 1 is 1.08 bits per heavy atom. The van der Waals surface area contributed by atoms with Crippen LogP contribution in [0.15, 0.2) is 48.8 Å². The molecule has 1 aromatic heterocycles. The Kier molecular flexibility index (Phi) is 7.83. The molecule has 0 radical (unpaired) electrons. The van der Waals surface area contributed by atoms with Gasteiger partial charge in [-0.05, 0) is 63.2 Å². The minimum Gasteiger partial charge on any atom is -0.381 e. The van der Waals surface area contributed by atoms with Crippen molar-refractivity contribution < 1.29 is 22.4 Å². The van der Waals surface area contributed by atoms with Crippen molar-refractivity contribution in [1.82, 2.24) is 14.9 Å². The molecule has 0 spiro atoms. The highest BCUT2D eigenvalue weighted by Crippen LogP contribution is 2.35. The van der Waals surface area contributed by atoms with Gasteiger partial charge in [0.25, 0.3) is 5.91 Å². The number of nitrogen functional groups attached to an aromatic ring is 1. The topological polar surface area (TPSA) is 96.2 Å². The Balaban J connectivity index is 1.60. The first-order chi connectivity index (χ1) is 18.0. The second kappa shape index (κ2) is 11.1. The second-order valence-corrected chi connectivity index (χ2v) is 9.18. The maximum Gasteiger partial charge on any atom is 0.416 e. The second-order valence-electron chi connectivity index (χ2n) is 9.18. The molecule has 0 aliphatic carbocycles. The van der Waals surface area contributed by atoms with Crippen molar-refractivity contribution in [2.24, 2.45) is 0 Å². The van der Waals surface area contributed by atoms with Crippen LogP contribution in [0.25, 0.3) is 0 Å². The van der Waals surface area contributed by atoms with E-state index in [-0.39, 0.29) is 29.3 Å². The Hall–Kier alpha value is -4.17. The largest absolute Gasteiger partial charge is 0.416 e. The minimum atomic E-state index is -4.62. The van der Waals surface area contributed by atoms with E-state index in [4.69, 9.17) is 5.73 Å². The standard InChI is InChI=1S/C27H26F4N6O/c1-16-11-20(9-10-37(16)2)35-23-8-6-19(27(29,30)31)13-24(23)36-25(38)21-12-17(5-7-22(21)28)3-4-18-14-33-26(32)34-15-18/h5-8,12-16,20,35H,9-11H2,1-2H3,(H,36,38)(H2,32,33,34). The maximum absolute atomic E-state index is 14.6. The maximum atomic E-state index is 14.6. The molecule has 4 rings (SSSR count). The molecule has 1 aliphatic rings. The smallest absolute Gasteiger partial charge is 0.381 e. The zero-order valence-electron chi connectivity index (χ0n) is 20.7. The van der Waals surface area contributed by atoms with Crippen LogP contribution in [0, 0.1) is 17.7 Å². The van der Waals surface area contributed by atoms with E-state index < -0.39 is 23.5 Å². The summed E-state index contributed by atoms with van der Waals surface area (Å²) in [6.45, 7) is 2.89. The van der Waals surface area contributed by atoms with E-state index in [2.05, 4.69) is 44.3 Å². The van der Waals surface area contributed by atoms with E-state index in [0.29, 0.717) is 16.8 Å². The van der Waals surface area contributed by atoms with Crippen molar-refractivity contribution in [3.05, 3.63) is 76.9 Å². The van der Waals surface area contributed by atoms with Crippen LogP contribution in [0.3, 0.4) is 0 Å². The van der Waals surface area contributed by atoms with E-state index in [1.165, 1.54) is 30.6 Å². The van der Waals surface area contributed by atoms with E-state index in [9.17, 15) is 22.4 Å². The van der Waals surface area contributed by atoms with Crippen LogP contribution in [0.1, 0.15) is 46.8 Å². The zero-order valence-corrected chi connectivity index (χ0v) is 20.7. The summed E-state index contributed by atoms with van der Waals surface area (Å²) in [6.07, 6.45) is -0.227. The van der Waals surface area contributed by atoms with Crippen LogP contribution in [0.4, 0.5) is 34.9 Å². The number of carbonyl (C=O) groups is 1. The first kappa shape index (κ1) is 26.9. The van der Waals surface area contributed by atoms with Crippen molar-refractivity contribution in [1.29, 1.82) is 0 Å². The summed E-state index contributed by atoms with van der Waals surface area (Å²) in [7, 11) is 2.02. The molecule has 1 aliphatic heterocycles. The fourth-order valence-electron chi connectivity index (χ4n) is 4.10. The Bertz CT molecular complexity index is 1380. The van der Waals surface area contributed by atoms with Crippen molar-refractivity contribution >= 4 is 23.2 Å². The van der Waals surface area contributed by atoms with Crippen molar-refractivity contribution in [3.63, 3.8) is 0 Å². The number of likely N-dealkylation sites (tertiary alicyclic amines) is 1. The molecule has 0 bridgehead atoms. The summed E-state index contributed by atoms with van der Waals surface area (Å²) < 4.78 is 54.9. The molecular weight excluding hydrogens is 500 g/mol. The number of anilines is 3. The first-order valence-corrected chi connectivity index (χ1v) is 11.9. The summed E-state index contributed by atoms with van der Waals surface area (Å²) in [5, 5.41) is 5.72. The quantitative estimate of drug-likeness (QED) is 0.335. The predicted molar refractivity (Wildman–Crippen MR) is 137 cm³/mol. The number of hydrogen-bond donors (Lipinski definition) is 3. The van der Waals surface area contributed by atoms with E-state index in [0.717, 1.165) is 37.6 Å². The Morgan fingerprint density at radius 2 is 1.79 bits per heavy atom. The van der Waals surface area contributed by atoms with Crippen LogP contribution < -0.4 is 16.4 Å². The number of alkyl halides is 3. The zero-order chi connectivity index (χ0) is 27.4. The molecule has 1 amide bonds. The van der Waals surface area contributed by atoms with Crippen LogP contribution in [-0.4, -0.2) is 46.5 Å². The van der Waals surface area contributed by atoms with Gasteiger partial charge in [-0.25, -0.2) is 14.4 Å². The lowest BCUT2D eigenvalue weighted by Crippen LogP contribution is -2.42. The van der Waals surface area contributed by atoms with Gasteiger partial charge in [0, 0.05) is 36.6 Å². The fourth-order valence-corrected chi connectivity index (χ4v) is 4.10. The van der Waals surface area contributed by atoms with Gasteiger partial charge in [0.2, 0.25) is 5.95 Å². The highest BCUT2D eigenvalue weighted by atomic mass is 19.4. The summed E-state index contributed by atoms with van der Waals surface area (Å²) in [5.41, 5.74) is 5.17. The lowest BCUT2D eigenvalue weighted by Gasteiger charge is -2.36. The summed E-state index contributed by atoms with van der Waals surface area (Å²) in [6, 6.07) is 7.06. The molecule has 7 nitrogen and oxygen atoms in total. The number of nitrogens with one attached hydrogen (secondary N) is 2. The van der Waals surface area contributed by atoms with Gasteiger partial charge in [0.15, 0.2) is 0 Å². The highest BCUT2D eigenvalue weighted by molar-refractivity contribution is 6.06. The molecule has 0 saturated carbocycles. The highest BCUT2D eigenvalue weighted by Gasteiger charge is 2.32. The molecular formula is C27H26F4N6O. The summed E-state index contributed by atoms with van der Waals surface area (Å²) in [4.78, 5) is 22.9. The van der Waals surface area contributed by atoms with Gasteiger partial charge in [-0.15, -0.1) is 0 Å². The number of rotatable bonds is 4. The Morgan fingerprint density at radius 3 is 2.47 bits per heavy atom. The van der Waals surface area contributed by atoms with Crippen molar-refractivity contribution in [2.75, 3.05) is 30.0 Å². The van der Waals surface area contributed by atoms with Crippen LogP contribution in [0.5, 0.6) is 0 Å². The third kappa shape index (κ3) is 6.58. The van der Waals surface area contributed by atoms with Crippen molar-refractivity contribution in [3.8, 4) is 11.8 Å². The van der Waals surface area contributed by atoms with E-state index in [1.54, 1.807) is 0 Å². The molecule has 4 N–H and O–H groups in total. The molecule has 11 heteroatoms. The summed E-state index contributed by atoms with van der Waals surface area (Å²) >= 11 is 0. The predicted octanol–water partition coefficient (Wildman–Crippen LogP) is 4.76. The molecule has 1 fully saturated rings. The number of carbonyl (C=O) groups excluding carboxylic acids is 1. The number of piperidine rings is 1. The number of halogens is 4. The number of aromatic nitrogens is 2. The molecule has 198 valence electrons. The van der Waals surface area contributed by atoms with Crippen LogP contribution in [-0.2, 0) is 6.18 Å². The third-order valence-corrected chi connectivity index (χ3v) is 6.40. The van der Waals surface area contributed by atoms with Crippen LogP contribution >= 0.6 is 0 Å². The number of nitrogens with zero attached hydrogens (tertiary/aromatic N) is 3. The third-order valence-electron chi connectivity index (χ3n) is 6.40. The fraction of sp³-hybridized carbons (Fsp3) is 0.296. The molecule has 38 heavy (non-hydrogen) atoms. The van der Waals surface area contributed by atoms with Crippen LogP contribution in [0.2, 0.25) is 0 Å². The molecule has 2 unspecified atom stereocenters. The van der Waals surface area contributed by atoms with Gasteiger partial charge < -0.3 is 21.3 Å². The number of hydrogen-bond acceptors (Lipinski definition) is 6. The average Bonchev–Trinajstić information content (AvgIpc) is 2.87. The SMILES string of the molecule is CC1CC(Nc2ccc(C(F)(F)F)cc2NC(=O)c2cc(C#Cc3cnc(N)nc3)ccc2F)CCN1C. The molecule has 3 aromatic rings. The monoisotopic (exact) mass is 526 g/mol. The minimum absolute atomic E-state index is 0.00115. The molecule has 2 heterocycles. The number of nitrogens with two attached hydrogens (primary N) is 1. The number of benzene rings is 2.